The highest BCUT2D eigenvalue weighted by Gasteiger charge is 2.47. The van der Waals surface area contributed by atoms with Crippen molar-refractivity contribution in [2.45, 2.75) is 24.9 Å². The molecule has 0 radical (unpaired) electrons. The smallest absolute Gasteiger partial charge is 0.258 e. The number of ether oxygens (including phenoxy) is 1. The predicted octanol–water partition coefficient (Wildman–Crippen LogP) is 3.99. The number of halogens is 1. The van der Waals surface area contributed by atoms with Crippen LogP contribution < -0.4 is 10.3 Å². The molecule has 2 heterocycles. The lowest BCUT2D eigenvalue weighted by molar-refractivity contribution is 0.305. The van der Waals surface area contributed by atoms with Crippen molar-refractivity contribution in [1.82, 2.24) is 14.5 Å². The lowest BCUT2D eigenvalue weighted by Crippen LogP contribution is -2.16. The standard InChI is InChI=1S/C23H17FN4O2/c24-16-3-1-15(2-4-16)13-30-18-7-10-28(21(29)12-18)17-5-6-19-20(11-17)27-22(26-19)23(14-25)8-9-23/h1-7,10-12H,8-9,13H2,(H,26,27). The molecule has 2 aromatic heterocycles. The Balaban J connectivity index is 1.38. The molecule has 1 N–H and O–H groups in total. The first kappa shape index (κ1) is 18.1. The van der Waals surface area contributed by atoms with Crippen molar-refractivity contribution in [2.24, 2.45) is 0 Å². The van der Waals surface area contributed by atoms with Crippen LogP contribution in [0.1, 0.15) is 24.2 Å². The molecule has 30 heavy (non-hydrogen) atoms. The molecule has 0 aliphatic heterocycles. The summed E-state index contributed by atoms with van der Waals surface area (Å²) in [7, 11) is 0. The third-order valence-corrected chi connectivity index (χ3v) is 5.37. The largest absolute Gasteiger partial charge is 0.489 e. The minimum Gasteiger partial charge on any atom is -0.489 e. The number of nitriles is 1. The Hall–Kier alpha value is -3.92. The second-order valence-electron chi connectivity index (χ2n) is 7.47. The number of pyridine rings is 1. The fraction of sp³-hybridized carbons (Fsp3) is 0.174. The van der Waals surface area contributed by atoms with E-state index in [1.807, 2.05) is 18.2 Å². The molecule has 0 amide bonds. The van der Waals surface area contributed by atoms with Gasteiger partial charge in [-0.2, -0.15) is 5.26 Å². The number of nitrogens with one attached hydrogen (secondary N) is 1. The molecule has 0 saturated heterocycles. The van der Waals surface area contributed by atoms with Crippen LogP contribution in [0.4, 0.5) is 4.39 Å². The maximum absolute atomic E-state index is 13.0. The summed E-state index contributed by atoms with van der Waals surface area (Å²) in [6.45, 7) is 0.243. The first-order valence-corrected chi connectivity index (χ1v) is 9.58. The maximum atomic E-state index is 13.0. The van der Waals surface area contributed by atoms with Crippen LogP contribution in [0.5, 0.6) is 5.75 Å². The summed E-state index contributed by atoms with van der Waals surface area (Å²) in [6, 6.07) is 17.0. The maximum Gasteiger partial charge on any atom is 0.258 e. The van der Waals surface area contributed by atoms with E-state index in [0.29, 0.717) is 17.3 Å². The van der Waals surface area contributed by atoms with Crippen molar-refractivity contribution in [3.8, 4) is 17.5 Å². The fourth-order valence-electron chi connectivity index (χ4n) is 3.41. The summed E-state index contributed by atoms with van der Waals surface area (Å²) in [5.74, 6) is 0.826. The van der Waals surface area contributed by atoms with Crippen LogP contribution in [0, 0.1) is 17.1 Å². The number of nitrogens with zero attached hydrogens (tertiary/aromatic N) is 3. The first-order valence-electron chi connectivity index (χ1n) is 9.58. The van der Waals surface area contributed by atoms with E-state index in [9.17, 15) is 14.4 Å². The monoisotopic (exact) mass is 400 g/mol. The van der Waals surface area contributed by atoms with Crippen LogP contribution in [-0.4, -0.2) is 14.5 Å². The minimum absolute atomic E-state index is 0.235. The molecule has 1 aliphatic rings. The summed E-state index contributed by atoms with van der Waals surface area (Å²) >= 11 is 0. The number of benzene rings is 2. The Morgan fingerprint density at radius 2 is 1.97 bits per heavy atom. The molecule has 1 fully saturated rings. The second kappa shape index (κ2) is 6.85. The molecule has 0 unspecified atom stereocenters. The fourth-order valence-corrected chi connectivity index (χ4v) is 3.41. The number of hydrogen-bond acceptors (Lipinski definition) is 4. The molecule has 2 aromatic carbocycles. The van der Waals surface area contributed by atoms with Gasteiger partial charge in [-0.15, -0.1) is 0 Å². The summed E-state index contributed by atoms with van der Waals surface area (Å²) in [6.07, 6.45) is 3.28. The van der Waals surface area contributed by atoms with Gasteiger partial charge in [0.05, 0.1) is 22.8 Å². The van der Waals surface area contributed by atoms with Crippen LogP contribution in [0.25, 0.3) is 16.7 Å². The predicted molar refractivity (Wildman–Crippen MR) is 109 cm³/mol. The van der Waals surface area contributed by atoms with Gasteiger partial charge in [-0.05, 0) is 54.8 Å². The molecule has 7 heteroatoms. The molecule has 6 nitrogen and oxygen atoms in total. The van der Waals surface area contributed by atoms with Crippen LogP contribution in [0.15, 0.2) is 65.6 Å². The lowest BCUT2D eigenvalue weighted by atomic mass is 10.1. The lowest BCUT2D eigenvalue weighted by Gasteiger charge is -2.09. The van der Waals surface area contributed by atoms with Crippen LogP contribution in [-0.2, 0) is 12.0 Å². The van der Waals surface area contributed by atoms with Crippen LogP contribution >= 0.6 is 0 Å². The second-order valence-corrected chi connectivity index (χ2v) is 7.47. The van der Waals surface area contributed by atoms with Crippen molar-refractivity contribution in [2.75, 3.05) is 0 Å². The average molecular weight is 400 g/mol. The third kappa shape index (κ3) is 3.22. The van der Waals surface area contributed by atoms with Gasteiger partial charge in [0.15, 0.2) is 0 Å². The molecule has 0 atom stereocenters. The number of hydrogen-bond donors (Lipinski definition) is 1. The molecule has 148 valence electrons. The highest BCUT2D eigenvalue weighted by molar-refractivity contribution is 5.78. The van der Waals surface area contributed by atoms with Gasteiger partial charge in [0, 0.05) is 12.3 Å². The summed E-state index contributed by atoms with van der Waals surface area (Å²) in [4.78, 5) is 20.4. The Labute approximate surface area is 171 Å². The topological polar surface area (TPSA) is 83.7 Å². The normalized spacial score (nSPS) is 14.4. The van der Waals surface area contributed by atoms with E-state index in [1.54, 1.807) is 24.4 Å². The van der Waals surface area contributed by atoms with E-state index in [1.165, 1.54) is 22.8 Å². The highest BCUT2D eigenvalue weighted by atomic mass is 19.1. The third-order valence-electron chi connectivity index (χ3n) is 5.37. The molecule has 0 bridgehead atoms. The molecular weight excluding hydrogens is 383 g/mol. The van der Waals surface area contributed by atoms with Gasteiger partial charge in [-0.3, -0.25) is 9.36 Å². The molecule has 0 spiro atoms. The van der Waals surface area contributed by atoms with E-state index in [-0.39, 0.29) is 18.0 Å². The molecule has 5 rings (SSSR count). The van der Waals surface area contributed by atoms with E-state index in [4.69, 9.17) is 4.74 Å². The highest BCUT2D eigenvalue weighted by Crippen LogP contribution is 2.46. The van der Waals surface area contributed by atoms with Gasteiger partial charge >= 0.3 is 0 Å². The van der Waals surface area contributed by atoms with Gasteiger partial charge in [0.1, 0.15) is 29.4 Å². The average Bonchev–Trinajstić information content (AvgIpc) is 3.44. The van der Waals surface area contributed by atoms with Gasteiger partial charge in [0.25, 0.3) is 5.56 Å². The molecule has 4 aromatic rings. The number of rotatable bonds is 5. The van der Waals surface area contributed by atoms with Gasteiger partial charge in [-0.25, -0.2) is 9.37 Å². The number of aromatic nitrogens is 3. The van der Waals surface area contributed by atoms with Crippen molar-refractivity contribution >= 4 is 11.0 Å². The van der Waals surface area contributed by atoms with Gasteiger partial charge in [0.2, 0.25) is 0 Å². The van der Waals surface area contributed by atoms with Crippen LogP contribution in [0.2, 0.25) is 0 Å². The molecule has 1 saturated carbocycles. The Morgan fingerprint density at radius 3 is 2.67 bits per heavy atom. The quantitative estimate of drug-likeness (QED) is 0.549. The van der Waals surface area contributed by atoms with Crippen molar-refractivity contribution in [1.29, 1.82) is 5.26 Å². The van der Waals surface area contributed by atoms with E-state index < -0.39 is 5.41 Å². The molecular formula is C23H17FN4O2. The van der Waals surface area contributed by atoms with E-state index in [0.717, 1.165) is 29.4 Å². The SMILES string of the molecule is N#CC1(c2nc3ccc(-n4ccc(OCc5ccc(F)cc5)cc4=O)cc3[nH]2)CC1. The summed E-state index contributed by atoms with van der Waals surface area (Å²) in [5.41, 5.74) is 2.33. The molecule has 1 aliphatic carbocycles. The van der Waals surface area contributed by atoms with Crippen molar-refractivity contribution in [3.05, 3.63) is 88.4 Å². The van der Waals surface area contributed by atoms with E-state index >= 15 is 0 Å². The first-order chi connectivity index (χ1) is 14.6. The summed E-state index contributed by atoms with van der Waals surface area (Å²) < 4.78 is 20.1. The van der Waals surface area contributed by atoms with Crippen LogP contribution in [0.3, 0.4) is 0 Å². The number of imidazole rings is 1. The zero-order chi connectivity index (χ0) is 20.7. The van der Waals surface area contributed by atoms with E-state index in [2.05, 4.69) is 16.0 Å². The minimum atomic E-state index is -0.487. The number of aromatic amines is 1. The number of fused-ring (bicyclic) bond motifs is 1. The number of H-pyrrole nitrogens is 1. The Bertz CT molecular complexity index is 1340. The Morgan fingerprint density at radius 1 is 1.17 bits per heavy atom. The van der Waals surface area contributed by atoms with Gasteiger partial charge in [-0.1, -0.05) is 12.1 Å². The van der Waals surface area contributed by atoms with Crippen molar-refractivity contribution < 1.29 is 9.13 Å². The zero-order valence-electron chi connectivity index (χ0n) is 15.9. The van der Waals surface area contributed by atoms with Gasteiger partial charge < -0.3 is 9.72 Å². The Kier molecular flexibility index (Phi) is 4.14. The zero-order valence-corrected chi connectivity index (χ0v) is 15.9. The summed E-state index contributed by atoms with van der Waals surface area (Å²) in [5, 5.41) is 9.37. The van der Waals surface area contributed by atoms with Crippen molar-refractivity contribution in [3.63, 3.8) is 0 Å².